The monoisotopic (exact) mass is 677 g/mol. The van der Waals surface area contributed by atoms with Gasteiger partial charge in [-0.15, -0.1) is 0 Å². The van der Waals surface area contributed by atoms with Crippen molar-refractivity contribution in [1.82, 2.24) is 20.9 Å². The predicted molar refractivity (Wildman–Crippen MR) is 176 cm³/mol. The third kappa shape index (κ3) is 13.8. The van der Waals surface area contributed by atoms with Gasteiger partial charge < -0.3 is 51.8 Å². The fourth-order valence-corrected chi connectivity index (χ4v) is 5.20. The number of ether oxygens (including phenoxy) is 3. The summed E-state index contributed by atoms with van der Waals surface area (Å²) in [5.74, 6) is -2.60. The molecular formula is C32H51N7O9. The highest BCUT2D eigenvalue weighted by molar-refractivity contribution is 5.98. The smallest absolute Gasteiger partial charge is 0.312 e. The second-order valence-corrected chi connectivity index (χ2v) is 12.0. The maximum absolute atomic E-state index is 13.3. The number of carbonyl (C=O) groups is 6. The van der Waals surface area contributed by atoms with E-state index in [1.165, 1.54) is 7.11 Å². The van der Waals surface area contributed by atoms with Crippen LogP contribution in [0.15, 0.2) is 24.3 Å². The number of rotatable bonds is 19. The predicted octanol–water partition coefficient (Wildman–Crippen LogP) is -0.00880. The van der Waals surface area contributed by atoms with Crippen LogP contribution in [0.5, 0.6) is 0 Å². The number of primary amides is 1. The number of anilines is 1. The Labute approximate surface area is 281 Å². The van der Waals surface area contributed by atoms with Gasteiger partial charge >= 0.3 is 12.0 Å². The Bertz CT molecular complexity index is 1230. The lowest BCUT2D eigenvalue weighted by Gasteiger charge is -2.36. The number of urea groups is 1. The fourth-order valence-electron chi connectivity index (χ4n) is 5.20. The highest BCUT2D eigenvalue weighted by Crippen LogP contribution is 2.24. The third-order valence-electron chi connectivity index (χ3n) is 7.89. The van der Waals surface area contributed by atoms with E-state index >= 15 is 0 Å². The summed E-state index contributed by atoms with van der Waals surface area (Å²) in [7, 11) is 1.35. The van der Waals surface area contributed by atoms with Gasteiger partial charge in [0, 0.05) is 31.4 Å². The van der Waals surface area contributed by atoms with Gasteiger partial charge in [-0.25, -0.2) is 4.79 Å². The summed E-state index contributed by atoms with van der Waals surface area (Å²) in [5, 5.41) is 10.6. The SMILES string of the molecule is COC(=O)C1CCN(C(=O)COCCOCC(=O)N[C@H](C(=O)N[C@@H](CCCNC(N)=O)C(=O)Nc2ccc(CN)cc2)C(C)C)C(C)C1. The molecule has 0 radical (unpaired) electrons. The molecule has 0 aliphatic carbocycles. The first kappa shape index (κ1) is 39.9. The molecule has 1 saturated heterocycles. The first-order chi connectivity index (χ1) is 22.9. The van der Waals surface area contributed by atoms with E-state index in [9.17, 15) is 28.8 Å². The standard InChI is InChI=1S/C32H51N7O9/c1-20(2)28(30(43)37-25(6-5-12-35-32(34)45)29(42)36-24-9-7-22(17-33)8-10-24)38-26(40)18-47-14-15-48-19-27(41)39-13-11-23(16-21(39)3)31(44)46-4/h7-10,20-21,23,25,28H,5-6,11-19,33H2,1-4H3,(H,36,42)(H,37,43)(H,38,40)(H3,34,35,45)/t21?,23?,25-,28-/m0/s1. The molecule has 1 heterocycles. The summed E-state index contributed by atoms with van der Waals surface area (Å²) >= 11 is 0. The van der Waals surface area contributed by atoms with E-state index in [0.29, 0.717) is 38.0 Å². The van der Waals surface area contributed by atoms with Gasteiger partial charge in [0.25, 0.3) is 0 Å². The van der Waals surface area contributed by atoms with Gasteiger partial charge in [0.1, 0.15) is 25.3 Å². The van der Waals surface area contributed by atoms with Crippen molar-refractivity contribution in [2.75, 3.05) is 51.9 Å². The minimum atomic E-state index is -0.974. The van der Waals surface area contributed by atoms with Gasteiger partial charge in [-0.3, -0.25) is 24.0 Å². The zero-order valence-corrected chi connectivity index (χ0v) is 28.3. The number of benzene rings is 1. The van der Waals surface area contributed by atoms with Gasteiger partial charge in [-0.2, -0.15) is 0 Å². The Morgan fingerprint density at radius 3 is 2.23 bits per heavy atom. The summed E-state index contributed by atoms with van der Waals surface area (Å²) in [6, 6.07) is 4.18. The maximum atomic E-state index is 13.3. The van der Waals surface area contributed by atoms with E-state index in [0.717, 1.165) is 5.56 Å². The van der Waals surface area contributed by atoms with Crippen LogP contribution in [0.3, 0.4) is 0 Å². The summed E-state index contributed by atoms with van der Waals surface area (Å²) in [6.07, 6.45) is 1.59. The second-order valence-electron chi connectivity index (χ2n) is 12.0. The van der Waals surface area contributed by atoms with Crippen molar-refractivity contribution < 1.29 is 43.0 Å². The zero-order chi connectivity index (χ0) is 35.6. The number of likely N-dealkylation sites (tertiary alicyclic amines) is 1. The number of nitrogens with zero attached hydrogens (tertiary/aromatic N) is 1. The molecule has 16 heteroatoms. The fraction of sp³-hybridized carbons (Fsp3) is 0.625. The molecule has 4 atom stereocenters. The van der Waals surface area contributed by atoms with Crippen LogP contribution in [0.1, 0.15) is 52.0 Å². The first-order valence-electron chi connectivity index (χ1n) is 16.1. The Hall–Kier alpha value is -4.28. The Balaban J connectivity index is 1.82. The molecule has 6 amide bonds. The van der Waals surface area contributed by atoms with Crippen LogP contribution in [0.25, 0.3) is 0 Å². The highest BCUT2D eigenvalue weighted by Gasteiger charge is 2.33. The number of hydrogen-bond acceptors (Lipinski definition) is 10. The molecule has 1 aromatic carbocycles. The number of esters is 1. The van der Waals surface area contributed by atoms with Crippen molar-refractivity contribution >= 4 is 41.3 Å². The quantitative estimate of drug-likeness (QED) is 0.0847. The minimum Gasteiger partial charge on any atom is -0.469 e. The lowest BCUT2D eigenvalue weighted by atomic mass is 9.91. The molecule has 1 aromatic rings. The average Bonchev–Trinajstić information content (AvgIpc) is 3.05. The van der Waals surface area contributed by atoms with Crippen LogP contribution in [0.4, 0.5) is 10.5 Å². The van der Waals surface area contributed by atoms with Gasteiger partial charge in [-0.05, 0) is 56.2 Å². The highest BCUT2D eigenvalue weighted by atomic mass is 16.5. The van der Waals surface area contributed by atoms with Crippen LogP contribution in [-0.4, -0.2) is 105 Å². The molecule has 2 unspecified atom stereocenters. The summed E-state index contributed by atoms with van der Waals surface area (Å²) in [4.78, 5) is 76.2. The van der Waals surface area contributed by atoms with E-state index in [4.69, 9.17) is 25.7 Å². The number of amides is 6. The second kappa shape index (κ2) is 20.8. The molecule has 0 saturated carbocycles. The molecular weight excluding hydrogens is 626 g/mol. The molecule has 1 aliphatic heterocycles. The number of nitrogens with two attached hydrogens (primary N) is 2. The maximum Gasteiger partial charge on any atom is 0.312 e. The van der Waals surface area contributed by atoms with Gasteiger partial charge in [0.05, 0.1) is 26.2 Å². The van der Waals surface area contributed by atoms with E-state index in [1.807, 2.05) is 6.92 Å². The van der Waals surface area contributed by atoms with Gasteiger partial charge in [-0.1, -0.05) is 26.0 Å². The van der Waals surface area contributed by atoms with Crippen LogP contribution in [0, 0.1) is 11.8 Å². The lowest BCUT2D eigenvalue weighted by molar-refractivity contribution is -0.151. The molecule has 16 nitrogen and oxygen atoms in total. The molecule has 8 N–H and O–H groups in total. The van der Waals surface area contributed by atoms with Gasteiger partial charge in [0.2, 0.25) is 23.6 Å². The van der Waals surface area contributed by atoms with Crippen LogP contribution >= 0.6 is 0 Å². The first-order valence-corrected chi connectivity index (χ1v) is 16.1. The van der Waals surface area contributed by atoms with Gasteiger partial charge in [0.15, 0.2) is 0 Å². The Morgan fingerprint density at radius 2 is 1.65 bits per heavy atom. The van der Waals surface area contributed by atoms with Crippen molar-refractivity contribution in [2.45, 2.75) is 71.1 Å². The van der Waals surface area contributed by atoms with Crippen molar-refractivity contribution in [1.29, 1.82) is 0 Å². The van der Waals surface area contributed by atoms with E-state index in [2.05, 4.69) is 21.3 Å². The Morgan fingerprint density at radius 1 is 0.979 bits per heavy atom. The summed E-state index contributed by atoms with van der Waals surface area (Å²) in [6.45, 7) is 5.95. The van der Waals surface area contributed by atoms with Crippen LogP contribution < -0.4 is 32.7 Å². The van der Waals surface area contributed by atoms with Crippen LogP contribution in [0.2, 0.25) is 0 Å². The van der Waals surface area contributed by atoms with E-state index < -0.39 is 35.8 Å². The number of carbonyl (C=O) groups excluding carboxylic acids is 6. The number of nitrogens with one attached hydrogen (secondary N) is 4. The average molecular weight is 678 g/mol. The molecule has 268 valence electrons. The minimum absolute atomic E-state index is 0.0348. The van der Waals surface area contributed by atoms with Crippen molar-refractivity contribution in [2.24, 2.45) is 23.3 Å². The topological polar surface area (TPSA) is 234 Å². The normalized spacial score (nSPS) is 17.2. The molecule has 48 heavy (non-hydrogen) atoms. The molecule has 0 spiro atoms. The Kier molecular flexibility index (Phi) is 17.3. The number of piperidine rings is 1. The molecule has 1 fully saturated rings. The van der Waals surface area contributed by atoms with Crippen molar-refractivity contribution in [3.05, 3.63) is 29.8 Å². The number of hydrogen-bond donors (Lipinski definition) is 6. The van der Waals surface area contributed by atoms with Crippen molar-refractivity contribution in [3.63, 3.8) is 0 Å². The molecule has 1 aliphatic rings. The number of methoxy groups -OCH3 is 1. The zero-order valence-electron chi connectivity index (χ0n) is 28.3. The summed E-state index contributed by atoms with van der Waals surface area (Å²) in [5.41, 5.74) is 12.2. The molecule has 0 aromatic heterocycles. The lowest BCUT2D eigenvalue weighted by Crippen LogP contribution is -2.55. The largest absolute Gasteiger partial charge is 0.469 e. The van der Waals surface area contributed by atoms with Crippen LogP contribution in [-0.2, 0) is 44.7 Å². The molecule has 2 rings (SSSR count). The van der Waals surface area contributed by atoms with E-state index in [1.54, 1.807) is 43.0 Å². The third-order valence-corrected chi connectivity index (χ3v) is 7.89. The molecule has 0 bridgehead atoms. The van der Waals surface area contributed by atoms with E-state index in [-0.39, 0.29) is 69.1 Å². The summed E-state index contributed by atoms with van der Waals surface area (Å²) < 4.78 is 15.6. The van der Waals surface area contributed by atoms with Crippen molar-refractivity contribution in [3.8, 4) is 0 Å².